The largest absolute Gasteiger partial charge is 0.363 e. The van der Waals surface area contributed by atoms with Gasteiger partial charge in [-0.15, -0.1) is 0 Å². The first-order valence-corrected chi connectivity index (χ1v) is 7.61. The molecule has 2 amide bonds. The molecule has 2 rings (SSSR count). The Kier molecular flexibility index (Phi) is 5.19. The molecule has 0 aromatic heterocycles. The minimum Gasteiger partial charge on any atom is -0.363 e. The van der Waals surface area contributed by atoms with Crippen LogP contribution in [0, 0.1) is 13.8 Å². The summed E-state index contributed by atoms with van der Waals surface area (Å²) in [5, 5.41) is 2.92. The highest BCUT2D eigenvalue weighted by Gasteiger charge is 2.31. The Hall–Kier alpha value is -1.88. The van der Waals surface area contributed by atoms with Gasteiger partial charge >= 0.3 is 0 Å². The van der Waals surface area contributed by atoms with E-state index in [9.17, 15) is 9.59 Å². The summed E-state index contributed by atoms with van der Waals surface area (Å²) < 4.78 is 5.73. The molecule has 0 spiro atoms. The Labute approximate surface area is 131 Å². The minimum absolute atomic E-state index is 0.0106. The predicted octanol–water partition coefficient (Wildman–Crippen LogP) is 1.67. The van der Waals surface area contributed by atoms with E-state index in [4.69, 9.17) is 4.74 Å². The van der Waals surface area contributed by atoms with Gasteiger partial charge in [0.1, 0.15) is 6.10 Å². The maximum Gasteiger partial charge on any atom is 0.251 e. The van der Waals surface area contributed by atoms with E-state index in [1.807, 2.05) is 32.0 Å². The van der Waals surface area contributed by atoms with Crippen LogP contribution in [0.25, 0.3) is 0 Å². The van der Waals surface area contributed by atoms with E-state index in [0.29, 0.717) is 13.0 Å². The zero-order chi connectivity index (χ0) is 16.3. The second kappa shape index (κ2) is 6.92. The van der Waals surface area contributed by atoms with Gasteiger partial charge < -0.3 is 15.0 Å². The van der Waals surface area contributed by atoms with Crippen molar-refractivity contribution >= 4 is 11.8 Å². The molecule has 0 aliphatic carbocycles. The second-order valence-corrected chi connectivity index (χ2v) is 6.03. The van der Waals surface area contributed by atoms with Crippen molar-refractivity contribution in [2.24, 2.45) is 0 Å². The average Bonchev–Trinajstić information content (AvgIpc) is 2.92. The number of rotatable bonds is 4. The Balaban J connectivity index is 1.89. The molecule has 1 aromatic carbocycles. The fourth-order valence-electron chi connectivity index (χ4n) is 2.79. The first-order valence-electron chi connectivity index (χ1n) is 7.61. The Bertz CT molecular complexity index is 549. The molecule has 1 saturated heterocycles. The van der Waals surface area contributed by atoms with Crippen molar-refractivity contribution in [2.75, 3.05) is 20.6 Å². The van der Waals surface area contributed by atoms with Crippen molar-refractivity contribution in [3.05, 3.63) is 34.9 Å². The summed E-state index contributed by atoms with van der Waals surface area (Å²) in [7, 11) is 3.45. The van der Waals surface area contributed by atoms with Crippen molar-refractivity contribution in [1.29, 1.82) is 0 Å². The zero-order valence-electron chi connectivity index (χ0n) is 13.7. The summed E-state index contributed by atoms with van der Waals surface area (Å²) in [6.45, 7) is 4.29. The minimum atomic E-state index is -0.378. The van der Waals surface area contributed by atoms with Crippen LogP contribution in [-0.2, 0) is 9.53 Å². The number of carbonyl (C=O) groups excluding carboxylic acids is 2. The first kappa shape index (κ1) is 16.5. The number of ether oxygens (including phenoxy) is 1. The predicted molar refractivity (Wildman–Crippen MR) is 84.8 cm³/mol. The topological polar surface area (TPSA) is 58.6 Å². The van der Waals surface area contributed by atoms with Gasteiger partial charge in [0.2, 0.25) is 0 Å². The smallest absolute Gasteiger partial charge is 0.251 e. The van der Waals surface area contributed by atoms with Crippen LogP contribution in [0.4, 0.5) is 0 Å². The first-order chi connectivity index (χ1) is 10.4. The van der Waals surface area contributed by atoms with Crippen LogP contribution in [0.3, 0.4) is 0 Å². The summed E-state index contributed by atoms with van der Waals surface area (Å²) in [6.07, 6.45) is 1.03. The molecule has 22 heavy (non-hydrogen) atoms. The molecule has 1 N–H and O–H groups in total. The van der Waals surface area contributed by atoms with Crippen LogP contribution in [0.15, 0.2) is 18.2 Å². The van der Waals surface area contributed by atoms with E-state index in [0.717, 1.165) is 23.1 Å². The highest BCUT2D eigenvalue weighted by atomic mass is 16.5. The quantitative estimate of drug-likeness (QED) is 0.920. The normalized spacial score (nSPS) is 20.7. The summed E-state index contributed by atoms with van der Waals surface area (Å²) in [6, 6.07) is 5.80. The van der Waals surface area contributed by atoms with Gasteiger partial charge in [-0.2, -0.15) is 0 Å². The fraction of sp³-hybridized carbons (Fsp3) is 0.529. The summed E-state index contributed by atoms with van der Waals surface area (Å²) >= 11 is 0. The van der Waals surface area contributed by atoms with E-state index < -0.39 is 0 Å². The maximum absolute atomic E-state index is 12.3. The monoisotopic (exact) mass is 304 g/mol. The fourth-order valence-corrected chi connectivity index (χ4v) is 2.79. The van der Waals surface area contributed by atoms with Gasteiger partial charge in [0.05, 0.1) is 6.10 Å². The maximum atomic E-state index is 12.3. The number of hydrogen-bond donors (Lipinski definition) is 1. The van der Waals surface area contributed by atoms with Gasteiger partial charge in [0, 0.05) is 26.2 Å². The zero-order valence-corrected chi connectivity index (χ0v) is 13.7. The number of carbonyl (C=O) groups is 2. The SMILES string of the molecule is Cc1cccc(C)c1C(=O)NCC1CCC(C(=O)N(C)C)O1. The lowest BCUT2D eigenvalue weighted by atomic mass is 10.0. The van der Waals surface area contributed by atoms with Crippen LogP contribution >= 0.6 is 0 Å². The molecule has 0 bridgehead atoms. The van der Waals surface area contributed by atoms with Crippen LogP contribution in [0.2, 0.25) is 0 Å². The number of likely N-dealkylation sites (N-methyl/N-ethyl adjacent to an activating group) is 1. The number of amides is 2. The van der Waals surface area contributed by atoms with Gasteiger partial charge in [-0.1, -0.05) is 18.2 Å². The van der Waals surface area contributed by atoms with Crippen LogP contribution in [0.1, 0.15) is 34.3 Å². The van der Waals surface area contributed by atoms with Gasteiger partial charge in [-0.25, -0.2) is 0 Å². The molecule has 1 heterocycles. The Morgan fingerprint density at radius 3 is 2.45 bits per heavy atom. The molecular weight excluding hydrogens is 280 g/mol. The lowest BCUT2D eigenvalue weighted by Crippen LogP contribution is -2.36. The average molecular weight is 304 g/mol. The third-order valence-electron chi connectivity index (χ3n) is 4.02. The molecule has 5 heteroatoms. The lowest BCUT2D eigenvalue weighted by molar-refractivity contribution is -0.140. The summed E-state index contributed by atoms with van der Waals surface area (Å²) in [4.78, 5) is 25.7. The van der Waals surface area contributed by atoms with Crippen molar-refractivity contribution in [3.63, 3.8) is 0 Å². The van der Waals surface area contributed by atoms with Crippen molar-refractivity contribution in [3.8, 4) is 0 Å². The third-order valence-corrected chi connectivity index (χ3v) is 4.02. The highest BCUT2D eigenvalue weighted by Crippen LogP contribution is 2.21. The summed E-state index contributed by atoms with van der Waals surface area (Å²) in [5.74, 6) is -0.0924. The van der Waals surface area contributed by atoms with E-state index in [1.165, 1.54) is 0 Å². The van der Waals surface area contributed by atoms with Crippen LogP contribution in [0.5, 0.6) is 0 Å². The van der Waals surface area contributed by atoms with Crippen molar-refractivity contribution in [1.82, 2.24) is 10.2 Å². The van der Waals surface area contributed by atoms with Gasteiger partial charge in [0.25, 0.3) is 11.8 Å². The molecule has 1 aliphatic heterocycles. The van der Waals surface area contributed by atoms with Crippen LogP contribution < -0.4 is 5.32 Å². The molecule has 120 valence electrons. The van der Waals surface area contributed by atoms with Crippen molar-refractivity contribution in [2.45, 2.75) is 38.9 Å². The molecule has 1 fully saturated rings. The molecule has 2 atom stereocenters. The number of benzene rings is 1. The Morgan fingerprint density at radius 1 is 1.23 bits per heavy atom. The van der Waals surface area contributed by atoms with Gasteiger partial charge in [-0.3, -0.25) is 9.59 Å². The molecule has 5 nitrogen and oxygen atoms in total. The van der Waals surface area contributed by atoms with E-state index >= 15 is 0 Å². The number of nitrogens with zero attached hydrogens (tertiary/aromatic N) is 1. The second-order valence-electron chi connectivity index (χ2n) is 6.03. The van der Waals surface area contributed by atoms with Crippen LogP contribution in [-0.4, -0.2) is 49.6 Å². The molecular formula is C17H24N2O3. The van der Waals surface area contributed by atoms with E-state index in [-0.39, 0.29) is 24.0 Å². The standard InChI is InChI=1S/C17H24N2O3/c1-11-6-5-7-12(2)15(11)16(20)18-10-13-8-9-14(22-13)17(21)19(3)4/h5-7,13-14H,8-10H2,1-4H3,(H,18,20). The van der Waals surface area contributed by atoms with Gasteiger partial charge in [-0.05, 0) is 37.8 Å². The third kappa shape index (κ3) is 3.65. The van der Waals surface area contributed by atoms with Gasteiger partial charge in [0.15, 0.2) is 0 Å². The molecule has 1 aromatic rings. The molecule has 2 unspecified atom stereocenters. The van der Waals surface area contributed by atoms with Crippen molar-refractivity contribution < 1.29 is 14.3 Å². The molecule has 0 radical (unpaired) electrons. The molecule has 1 aliphatic rings. The highest BCUT2D eigenvalue weighted by molar-refractivity contribution is 5.97. The number of aryl methyl sites for hydroxylation is 2. The van der Waals surface area contributed by atoms with E-state index in [2.05, 4.69) is 5.32 Å². The number of nitrogens with one attached hydrogen (secondary N) is 1. The van der Waals surface area contributed by atoms with E-state index in [1.54, 1.807) is 19.0 Å². The summed E-state index contributed by atoms with van der Waals surface area (Å²) in [5.41, 5.74) is 2.65. The molecule has 0 saturated carbocycles. The Morgan fingerprint density at radius 2 is 1.86 bits per heavy atom. The lowest BCUT2D eigenvalue weighted by Gasteiger charge is -2.18. The number of hydrogen-bond acceptors (Lipinski definition) is 3.